The lowest BCUT2D eigenvalue weighted by atomic mass is 10.2. The summed E-state index contributed by atoms with van der Waals surface area (Å²) >= 11 is 0. The molecule has 0 radical (unpaired) electrons. The van der Waals surface area contributed by atoms with Crippen molar-refractivity contribution in [3.63, 3.8) is 0 Å². The predicted molar refractivity (Wildman–Crippen MR) is 86.4 cm³/mol. The lowest BCUT2D eigenvalue weighted by Crippen LogP contribution is -2.19. The summed E-state index contributed by atoms with van der Waals surface area (Å²) in [7, 11) is 0. The van der Waals surface area contributed by atoms with E-state index in [0.29, 0.717) is 12.5 Å². The molecule has 0 unspecified atom stereocenters. The first kappa shape index (κ1) is 15.5. The monoisotopic (exact) mass is 284 g/mol. The Morgan fingerprint density at radius 2 is 1.90 bits per heavy atom. The van der Waals surface area contributed by atoms with E-state index in [1.54, 1.807) is 6.20 Å². The molecule has 2 rings (SSSR count). The fourth-order valence-electron chi connectivity index (χ4n) is 2.02. The molecule has 0 atom stereocenters. The smallest absolute Gasteiger partial charge is 0.137 e. The third-order valence-electron chi connectivity index (χ3n) is 3.16. The molecule has 0 spiro atoms. The molecule has 1 aromatic heterocycles. The van der Waals surface area contributed by atoms with Gasteiger partial charge in [0.15, 0.2) is 0 Å². The average Bonchev–Trinajstić information content (AvgIpc) is 2.50. The van der Waals surface area contributed by atoms with Gasteiger partial charge in [0.05, 0.1) is 18.5 Å². The Bertz CT molecular complexity index is 509. The molecular formula is C18H24N2O. The molecule has 1 aromatic carbocycles. The van der Waals surface area contributed by atoms with Gasteiger partial charge in [-0.1, -0.05) is 44.2 Å². The van der Waals surface area contributed by atoms with Gasteiger partial charge in [-0.3, -0.25) is 4.98 Å². The summed E-state index contributed by atoms with van der Waals surface area (Å²) in [5.41, 5.74) is 2.34. The van der Waals surface area contributed by atoms with Crippen molar-refractivity contribution in [2.24, 2.45) is 5.92 Å². The van der Waals surface area contributed by atoms with Crippen molar-refractivity contribution in [3.8, 4) is 5.75 Å². The van der Waals surface area contributed by atoms with Crippen molar-refractivity contribution in [2.75, 3.05) is 13.2 Å². The zero-order valence-corrected chi connectivity index (χ0v) is 12.9. The van der Waals surface area contributed by atoms with Crippen LogP contribution in [0.15, 0.2) is 48.7 Å². The van der Waals surface area contributed by atoms with Crippen LogP contribution in [0.2, 0.25) is 0 Å². The molecule has 112 valence electrons. The van der Waals surface area contributed by atoms with Gasteiger partial charge in [0, 0.05) is 13.0 Å². The van der Waals surface area contributed by atoms with Crippen LogP contribution in [0.5, 0.6) is 5.75 Å². The Morgan fingerprint density at radius 3 is 2.57 bits per heavy atom. The zero-order chi connectivity index (χ0) is 14.9. The fraction of sp³-hybridized carbons (Fsp3) is 0.389. The molecule has 0 fully saturated rings. The van der Waals surface area contributed by atoms with E-state index in [1.807, 2.05) is 18.2 Å². The molecule has 0 aliphatic heterocycles. The number of nitrogens with zero attached hydrogens (tertiary/aromatic N) is 1. The van der Waals surface area contributed by atoms with Crippen LogP contribution in [-0.4, -0.2) is 18.1 Å². The van der Waals surface area contributed by atoms with Crippen molar-refractivity contribution in [2.45, 2.75) is 26.8 Å². The highest BCUT2D eigenvalue weighted by Gasteiger charge is 1.99. The van der Waals surface area contributed by atoms with Gasteiger partial charge < -0.3 is 10.1 Å². The maximum Gasteiger partial charge on any atom is 0.137 e. The van der Waals surface area contributed by atoms with Crippen LogP contribution in [-0.2, 0) is 13.0 Å². The number of benzene rings is 1. The number of ether oxygens (including phenoxy) is 1. The fourth-order valence-corrected chi connectivity index (χ4v) is 2.02. The first-order valence-electron chi connectivity index (χ1n) is 7.56. The van der Waals surface area contributed by atoms with Crippen LogP contribution in [0.3, 0.4) is 0 Å². The molecule has 0 saturated carbocycles. The Balaban J connectivity index is 1.72. The van der Waals surface area contributed by atoms with Gasteiger partial charge in [0.1, 0.15) is 5.75 Å². The van der Waals surface area contributed by atoms with Gasteiger partial charge in [0.2, 0.25) is 0 Å². The number of nitrogens with one attached hydrogen (secondary N) is 1. The maximum absolute atomic E-state index is 5.72. The van der Waals surface area contributed by atoms with Crippen molar-refractivity contribution < 1.29 is 4.74 Å². The normalized spacial score (nSPS) is 10.8. The lowest BCUT2D eigenvalue weighted by molar-refractivity contribution is 0.320. The lowest BCUT2D eigenvalue weighted by Gasteiger charge is -2.08. The number of pyridine rings is 1. The number of hydrogen-bond acceptors (Lipinski definition) is 3. The number of hydrogen-bond donors (Lipinski definition) is 1. The molecule has 21 heavy (non-hydrogen) atoms. The van der Waals surface area contributed by atoms with E-state index in [4.69, 9.17) is 4.74 Å². The summed E-state index contributed by atoms with van der Waals surface area (Å²) in [6.45, 7) is 6.89. The first-order chi connectivity index (χ1) is 10.2. The summed E-state index contributed by atoms with van der Waals surface area (Å²) in [5.74, 6) is 1.49. The minimum absolute atomic E-state index is 0.658. The van der Waals surface area contributed by atoms with E-state index >= 15 is 0 Å². The molecule has 0 amide bonds. The molecule has 3 heteroatoms. The van der Waals surface area contributed by atoms with E-state index in [-0.39, 0.29) is 0 Å². The van der Waals surface area contributed by atoms with Gasteiger partial charge >= 0.3 is 0 Å². The van der Waals surface area contributed by atoms with E-state index in [0.717, 1.165) is 31.0 Å². The molecule has 0 aliphatic carbocycles. The molecular weight excluding hydrogens is 260 g/mol. The highest BCUT2D eigenvalue weighted by Crippen LogP contribution is 2.10. The summed E-state index contributed by atoms with van der Waals surface area (Å²) in [4.78, 5) is 4.41. The second-order valence-electron chi connectivity index (χ2n) is 5.59. The maximum atomic E-state index is 5.72. The van der Waals surface area contributed by atoms with Crippen LogP contribution in [0, 0.1) is 5.92 Å². The van der Waals surface area contributed by atoms with Gasteiger partial charge in [-0.25, -0.2) is 0 Å². The van der Waals surface area contributed by atoms with Crippen LogP contribution in [0.4, 0.5) is 0 Å². The summed E-state index contributed by atoms with van der Waals surface area (Å²) < 4.78 is 5.72. The Kier molecular flexibility index (Phi) is 6.22. The highest BCUT2D eigenvalue weighted by molar-refractivity contribution is 5.20. The van der Waals surface area contributed by atoms with Gasteiger partial charge in [-0.05, 0) is 30.2 Å². The van der Waals surface area contributed by atoms with Crippen LogP contribution in [0.25, 0.3) is 0 Å². The molecule has 3 nitrogen and oxygen atoms in total. The molecule has 1 N–H and O–H groups in total. The largest absolute Gasteiger partial charge is 0.492 e. The van der Waals surface area contributed by atoms with Crippen LogP contribution >= 0.6 is 0 Å². The summed E-state index contributed by atoms with van der Waals surface area (Å²) in [6.07, 6.45) is 2.72. The standard InChI is InChI=1S/C18H24N2O/c1-15(2)12-19-13-17-8-9-18(14-20-17)21-11-10-16-6-4-3-5-7-16/h3-9,14-15,19H,10-13H2,1-2H3. The summed E-state index contributed by atoms with van der Waals surface area (Å²) in [6, 6.07) is 14.4. The Labute approximate surface area is 127 Å². The van der Waals surface area contributed by atoms with Gasteiger partial charge in [0.25, 0.3) is 0 Å². The quantitative estimate of drug-likeness (QED) is 0.806. The number of aromatic nitrogens is 1. The molecule has 1 heterocycles. The van der Waals surface area contributed by atoms with Crippen LogP contribution in [0.1, 0.15) is 25.1 Å². The van der Waals surface area contributed by atoms with Crippen molar-refractivity contribution in [1.82, 2.24) is 10.3 Å². The molecule has 2 aromatic rings. The molecule has 0 bridgehead atoms. The van der Waals surface area contributed by atoms with Gasteiger partial charge in [-0.2, -0.15) is 0 Å². The van der Waals surface area contributed by atoms with Crippen molar-refractivity contribution >= 4 is 0 Å². The average molecular weight is 284 g/mol. The SMILES string of the molecule is CC(C)CNCc1ccc(OCCc2ccccc2)cn1. The third-order valence-corrected chi connectivity index (χ3v) is 3.16. The van der Waals surface area contributed by atoms with E-state index in [2.05, 4.69) is 48.4 Å². The van der Waals surface area contributed by atoms with Crippen molar-refractivity contribution in [1.29, 1.82) is 0 Å². The minimum atomic E-state index is 0.658. The second-order valence-corrected chi connectivity index (χ2v) is 5.59. The second kappa shape index (κ2) is 8.42. The molecule has 0 aliphatic rings. The van der Waals surface area contributed by atoms with E-state index in [9.17, 15) is 0 Å². The first-order valence-corrected chi connectivity index (χ1v) is 7.56. The van der Waals surface area contributed by atoms with E-state index in [1.165, 1.54) is 5.56 Å². The minimum Gasteiger partial charge on any atom is -0.492 e. The number of rotatable bonds is 8. The Hall–Kier alpha value is -1.87. The van der Waals surface area contributed by atoms with Gasteiger partial charge in [-0.15, -0.1) is 0 Å². The van der Waals surface area contributed by atoms with Crippen LogP contribution < -0.4 is 10.1 Å². The summed E-state index contributed by atoms with van der Waals surface area (Å²) in [5, 5.41) is 3.38. The van der Waals surface area contributed by atoms with E-state index < -0.39 is 0 Å². The molecule has 0 saturated heterocycles. The predicted octanol–water partition coefficient (Wildman–Crippen LogP) is 3.45. The zero-order valence-electron chi connectivity index (χ0n) is 12.9. The highest BCUT2D eigenvalue weighted by atomic mass is 16.5. The Morgan fingerprint density at radius 1 is 1.10 bits per heavy atom. The third kappa shape index (κ3) is 5.96. The topological polar surface area (TPSA) is 34.1 Å². The van der Waals surface area contributed by atoms with Crippen molar-refractivity contribution in [3.05, 3.63) is 59.9 Å².